The van der Waals surface area contributed by atoms with Crippen molar-refractivity contribution >= 4 is 5.78 Å². The summed E-state index contributed by atoms with van der Waals surface area (Å²) in [6, 6.07) is 4.07. The monoisotopic (exact) mass is 283 g/mol. The van der Waals surface area contributed by atoms with Gasteiger partial charge >= 0.3 is 0 Å². The summed E-state index contributed by atoms with van der Waals surface area (Å²) in [6.45, 7) is 0.962. The van der Waals surface area contributed by atoms with E-state index in [9.17, 15) is 9.90 Å². The zero-order chi connectivity index (χ0) is 14.4. The highest BCUT2D eigenvalue weighted by Crippen LogP contribution is 2.61. The molecule has 1 spiro atoms. The molecule has 3 atom stereocenters. The van der Waals surface area contributed by atoms with E-state index in [0.29, 0.717) is 18.2 Å². The van der Waals surface area contributed by atoms with Crippen molar-refractivity contribution in [3.05, 3.63) is 34.9 Å². The number of hydrogen-bond donors (Lipinski definition) is 1. The SMILES string of the molecule is CN1CCC23C4=CCC(=O)[C@@H]2Oc2c(O)ccc(c23)CC41. The largest absolute Gasteiger partial charge is 0.504 e. The second-order valence-electron chi connectivity index (χ2n) is 6.70. The van der Waals surface area contributed by atoms with Gasteiger partial charge in [0.25, 0.3) is 0 Å². The van der Waals surface area contributed by atoms with Crippen LogP contribution in [0, 0.1) is 0 Å². The van der Waals surface area contributed by atoms with Crippen LogP contribution in [0.2, 0.25) is 0 Å². The van der Waals surface area contributed by atoms with Crippen molar-refractivity contribution in [1.82, 2.24) is 4.90 Å². The Morgan fingerprint density at radius 3 is 3.14 bits per heavy atom. The number of Topliss-reactive ketones (excluding diaryl/α,β-unsaturated/α-hetero) is 1. The van der Waals surface area contributed by atoms with Gasteiger partial charge in [0.2, 0.25) is 0 Å². The third-order valence-corrected chi connectivity index (χ3v) is 5.85. The minimum Gasteiger partial charge on any atom is -0.504 e. The molecule has 0 amide bonds. The number of allylic oxidation sites excluding steroid dienone is 1. The number of carbonyl (C=O) groups excluding carboxylic acids is 1. The van der Waals surface area contributed by atoms with E-state index >= 15 is 0 Å². The summed E-state index contributed by atoms with van der Waals surface area (Å²) in [5, 5.41) is 10.2. The molecule has 1 aromatic carbocycles. The highest BCUT2D eigenvalue weighted by Gasteiger charge is 2.62. The van der Waals surface area contributed by atoms with Gasteiger partial charge in [-0.1, -0.05) is 12.1 Å². The fourth-order valence-corrected chi connectivity index (χ4v) is 4.93. The molecule has 108 valence electrons. The Kier molecular flexibility index (Phi) is 1.97. The molecule has 4 nitrogen and oxygen atoms in total. The van der Waals surface area contributed by atoms with Crippen LogP contribution in [0.15, 0.2) is 23.8 Å². The van der Waals surface area contributed by atoms with Gasteiger partial charge in [0, 0.05) is 18.0 Å². The Hall–Kier alpha value is -1.81. The van der Waals surface area contributed by atoms with Crippen LogP contribution in [0.25, 0.3) is 0 Å². The maximum atomic E-state index is 12.4. The van der Waals surface area contributed by atoms with Crippen LogP contribution >= 0.6 is 0 Å². The Morgan fingerprint density at radius 1 is 1.43 bits per heavy atom. The van der Waals surface area contributed by atoms with E-state index < -0.39 is 6.10 Å². The fraction of sp³-hybridized carbons (Fsp3) is 0.471. The number of hydrogen-bond acceptors (Lipinski definition) is 4. The third-order valence-electron chi connectivity index (χ3n) is 5.85. The van der Waals surface area contributed by atoms with Crippen LogP contribution in [0.1, 0.15) is 24.0 Å². The number of ether oxygens (including phenoxy) is 1. The molecule has 1 aromatic rings. The van der Waals surface area contributed by atoms with Crippen molar-refractivity contribution in [2.75, 3.05) is 13.6 Å². The second-order valence-corrected chi connectivity index (χ2v) is 6.70. The molecule has 0 saturated carbocycles. The predicted molar refractivity (Wildman–Crippen MR) is 76.6 cm³/mol. The van der Waals surface area contributed by atoms with Gasteiger partial charge in [0.1, 0.15) is 0 Å². The van der Waals surface area contributed by atoms with Crippen LogP contribution in [0.3, 0.4) is 0 Å². The van der Waals surface area contributed by atoms with Gasteiger partial charge in [-0.3, -0.25) is 9.69 Å². The average Bonchev–Trinajstić information content (AvgIpc) is 2.83. The summed E-state index contributed by atoms with van der Waals surface area (Å²) < 4.78 is 6.00. The highest BCUT2D eigenvalue weighted by atomic mass is 16.5. The van der Waals surface area contributed by atoms with E-state index in [2.05, 4.69) is 18.0 Å². The Labute approximate surface area is 123 Å². The summed E-state index contributed by atoms with van der Waals surface area (Å²) in [5.41, 5.74) is 3.36. The summed E-state index contributed by atoms with van der Waals surface area (Å²) in [5.74, 6) is 0.870. The molecule has 1 fully saturated rings. The molecule has 2 unspecified atom stereocenters. The summed E-state index contributed by atoms with van der Waals surface area (Å²) in [6.07, 6.45) is 3.99. The number of phenolic OH excluding ortho intramolecular Hbond substituents is 1. The van der Waals surface area contributed by atoms with E-state index in [1.165, 1.54) is 11.1 Å². The van der Waals surface area contributed by atoms with Crippen molar-refractivity contribution in [3.8, 4) is 11.5 Å². The Morgan fingerprint density at radius 2 is 2.29 bits per heavy atom. The minimum absolute atomic E-state index is 0.144. The Balaban J connectivity index is 1.88. The lowest BCUT2D eigenvalue weighted by molar-refractivity contribution is -0.128. The molecule has 2 heterocycles. The normalized spacial score (nSPS) is 36.0. The van der Waals surface area contributed by atoms with Gasteiger partial charge in [-0.15, -0.1) is 0 Å². The lowest BCUT2D eigenvalue weighted by Gasteiger charge is -2.52. The number of carbonyl (C=O) groups is 1. The predicted octanol–water partition coefficient (Wildman–Crippen LogP) is 1.55. The average molecular weight is 283 g/mol. The van der Waals surface area contributed by atoms with Crippen LogP contribution in [0.5, 0.6) is 11.5 Å². The Bertz CT molecular complexity index is 723. The van der Waals surface area contributed by atoms with Crippen molar-refractivity contribution in [2.45, 2.75) is 36.8 Å². The van der Waals surface area contributed by atoms with E-state index in [0.717, 1.165) is 24.9 Å². The molecule has 5 rings (SSSR count). The first-order valence-electron chi connectivity index (χ1n) is 7.58. The van der Waals surface area contributed by atoms with Crippen LogP contribution in [0.4, 0.5) is 0 Å². The molecule has 0 aromatic heterocycles. The number of ketones is 1. The van der Waals surface area contributed by atoms with Crippen molar-refractivity contribution in [2.24, 2.45) is 0 Å². The molecule has 2 aliphatic heterocycles. The molecule has 1 saturated heterocycles. The highest BCUT2D eigenvalue weighted by molar-refractivity contribution is 5.92. The van der Waals surface area contributed by atoms with Gasteiger partial charge in [-0.2, -0.15) is 0 Å². The zero-order valence-electron chi connectivity index (χ0n) is 11.9. The molecular weight excluding hydrogens is 266 g/mol. The number of aromatic hydroxyl groups is 1. The number of likely N-dealkylation sites (N-methyl/N-ethyl adjacent to an activating group) is 1. The third kappa shape index (κ3) is 1.16. The van der Waals surface area contributed by atoms with Gasteiger partial charge in [0.15, 0.2) is 23.4 Å². The van der Waals surface area contributed by atoms with E-state index in [1.807, 2.05) is 6.07 Å². The molecule has 4 heteroatoms. The summed E-state index contributed by atoms with van der Waals surface area (Å²) >= 11 is 0. The number of rotatable bonds is 0. The second kappa shape index (κ2) is 3.50. The van der Waals surface area contributed by atoms with Crippen LogP contribution in [-0.2, 0) is 16.6 Å². The number of nitrogens with zero attached hydrogens (tertiary/aromatic N) is 1. The maximum absolute atomic E-state index is 12.4. The fourth-order valence-electron chi connectivity index (χ4n) is 4.93. The number of benzene rings is 1. The number of likely N-dealkylation sites (tertiary alicyclic amines) is 1. The molecule has 4 aliphatic rings. The van der Waals surface area contributed by atoms with E-state index in [4.69, 9.17) is 4.74 Å². The standard InChI is InChI=1S/C17H17NO3/c1-18-7-6-17-10-3-5-13(20)16(17)21-15-12(19)4-2-9(14(15)17)8-11(10)18/h2-4,11,16,19H,5-8H2,1H3/t11?,16-,17?/m0/s1. The van der Waals surface area contributed by atoms with Crippen molar-refractivity contribution in [1.29, 1.82) is 0 Å². The van der Waals surface area contributed by atoms with Gasteiger partial charge in [-0.25, -0.2) is 0 Å². The quantitative estimate of drug-likeness (QED) is 0.734. The minimum atomic E-state index is -0.434. The van der Waals surface area contributed by atoms with E-state index in [-0.39, 0.29) is 16.9 Å². The van der Waals surface area contributed by atoms with E-state index in [1.54, 1.807) is 6.07 Å². The molecule has 21 heavy (non-hydrogen) atoms. The summed E-state index contributed by atoms with van der Waals surface area (Å²) in [4.78, 5) is 14.8. The molecule has 2 aliphatic carbocycles. The van der Waals surface area contributed by atoms with Crippen LogP contribution < -0.4 is 4.74 Å². The molecular formula is C17H17NO3. The van der Waals surface area contributed by atoms with Crippen molar-refractivity contribution in [3.63, 3.8) is 0 Å². The molecule has 2 bridgehead atoms. The van der Waals surface area contributed by atoms with Gasteiger partial charge < -0.3 is 9.84 Å². The lowest BCUT2D eigenvalue weighted by atomic mass is 9.56. The smallest absolute Gasteiger partial charge is 0.178 e. The molecule has 1 N–H and O–H groups in total. The molecule has 0 radical (unpaired) electrons. The summed E-state index contributed by atoms with van der Waals surface area (Å²) in [7, 11) is 2.16. The number of phenols is 1. The zero-order valence-corrected chi connectivity index (χ0v) is 11.9. The first-order chi connectivity index (χ1) is 10.1. The lowest BCUT2D eigenvalue weighted by Crippen LogP contribution is -2.60. The number of piperidine rings is 1. The first kappa shape index (κ1) is 11.8. The van der Waals surface area contributed by atoms with Gasteiger partial charge in [0.05, 0.1) is 5.41 Å². The van der Waals surface area contributed by atoms with Gasteiger partial charge in [-0.05, 0) is 43.6 Å². The van der Waals surface area contributed by atoms with Crippen molar-refractivity contribution < 1.29 is 14.6 Å². The maximum Gasteiger partial charge on any atom is 0.178 e. The first-order valence-corrected chi connectivity index (χ1v) is 7.58. The van der Waals surface area contributed by atoms with Crippen LogP contribution in [-0.4, -0.2) is 41.5 Å². The topological polar surface area (TPSA) is 49.8 Å².